The smallest absolute Gasteiger partial charge is 0.220 e. The average Bonchev–Trinajstić information content (AvgIpc) is 2.26. The normalized spacial score (nSPS) is 26.5. The monoisotopic (exact) mass is 242 g/mol. The second kappa shape index (κ2) is 7.67. The van der Waals surface area contributed by atoms with E-state index in [4.69, 9.17) is 10.5 Å². The molecule has 0 aromatic heterocycles. The van der Waals surface area contributed by atoms with Crippen LogP contribution in [-0.2, 0) is 9.53 Å². The first-order valence-electron chi connectivity index (χ1n) is 6.65. The molecule has 0 heterocycles. The summed E-state index contributed by atoms with van der Waals surface area (Å²) in [5, 5.41) is 3.02. The molecule has 1 saturated carbocycles. The summed E-state index contributed by atoms with van der Waals surface area (Å²) < 4.78 is 4.99. The lowest BCUT2D eigenvalue weighted by atomic mass is 9.84. The summed E-state index contributed by atoms with van der Waals surface area (Å²) in [6, 6.07) is 0.493. The van der Waals surface area contributed by atoms with Crippen LogP contribution in [0.4, 0.5) is 0 Å². The summed E-state index contributed by atoms with van der Waals surface area (Å²) >= 11 is 0. The minimum Gasteiger partial charge on any atom is -0.385 e. The van der Waals surface area contributed by atoms with Crippen LogP contribution in [0.15, 0.2) is 0 Å². The highest BCUT2D eigenvalue weighted by molar-refractivity contribution is 5.76. The van der Waals surface area contributed by atoms with Crippen molar-refractivity contribution >= 4 is 5.91 Å². The predicted molar refractivity (Wildman–Crippen MR) is 68.6 cm³/mol. The van der Waals surface area contributed by atoms with Gasteiger partial charge < -0.3 is 15.8 Å². The largest absolute Gasteiger partial charge is 0.385 e. The second-order valence-corrected chi connectivity index (χ2v) is 5.25. The molecule has 0 saturated heterocycles. The summed E-state index contributed by atoms with van der Waals surface area (Å²) in [6.07, 6.45) is 5.92. The van der Waals surface area contributed by atoms with Crippen molar-refractivity contribution in [2.24, 2.45) is 11.7 Å². The zero-order chi connectivity index (χ0) is 12.7. The third-order valence-corrected chi connectivity index (χ3v) is 3.46. The highest BCUT2D eigenvalue weighted by Crippen LogP contribution is 2.25. The Morgan fingerprint density at radius 3 is 2.94 bits per heavy atom. The first kappa shape index (κ1) is 14.5. The molecule has 0 spiro atoms. The van der Waals surface area contributed by atoms with Crippen molar-refractivity contribution in [1.82, 2.24) is 5.32 Å². The Morgan fingerprint density at radius 1 is 1.53 bits per heavy atom. The van der Waals surface area contributed by atoms with Gasteiger partial charge in [-0.2, -0.15) is 0 Å². The zero-order valence-electron chi connectivity index (χ0n) is 11.1. The third kappa shape index (κ3) is 6.03. The molecular formula is C13H26N2O2. The Hall–Kier alpha value is -0.610. The molecule has 0 bridgehead atoms. The lowest BCUT2D eigenvalue weighted by Gasteiger charge is -2.26. The van der Waals surface area contributed by atoms with Gasteiger partial charge in [-0.05, 0) is 38.5 Å². The Labute approximate surface area is 104 Å². The third-order valence-electron chi connectivity index (χ3n) is 3.46. The number of rotatable bonds is 6. The molecule has 1 fully saturated rings. The molecule has 4 heteroatoms. The van der Waals surface area contributed by atoms with Gasteiger partial charge in [0.15, 0.2) is 0 Å². The van der Waals surface area contributed by atoms with E-state index in [9.17, 15) is 4.79 Å². The fourth-order valence-electron chi connectivity index (χ4n) is 2.48. The first-order chi connectivity index (χ1) is 8.11. The van der Waals surface area contributed by atoms with Crippen LogP contribution in [-0.4, -0.2) is 31.7 Å². The molecule has 0 aromatic rings. The predicted octanol–water partition coefficient (Wildman–Crippen LogP) is 1.44. The molecule has 17 heavy (non-hydrogen) atoms. The van der Waals surface area contributed by atoms with Crippen molar-refractivity contribution < 1.29 is 9.53 Å². The van der Waals surface area contributed by atoms with Gasteiger partial charge in [0.05, 0.1) is 0 Å². The zero-order valence-corrected chi connectivity index (χ0v) is 11.1. The van der Waals surface area contributed by atoms with Gasteiger partial charge in [-0.3, -0.25) is 4.79 Å². The minimum absolute atomic E-state index is 0.160. The summed E-state index contributed by atoms with van der Waals surface area (Å²) in [4.78, 5) is 11.8. The minimum atomic E-state index is 0.160. The molecule has 1 amide bonds. The summed E-state index contributed by atoms with van der Waals surface area (Å²) in [5.41, 5.74) is 5.92. The standard InChI is InChI=1S/C13H26N2O2/c1-10(6-7-17-2)15-13(16)9-11-4-3-5-12(14)8-11/h10-12H,3-9,14H2,1-2H3,(H,15,16). The van der Waals surface area contributed by atoms with E-state index in [0.29, 0.717) is 25.0 Å². The van der Waals surface area contributed by atoms with Gasteiger partial charge in [0, 0.05) is 32.2 Å². The van der Waals surface area contributed by atoms with Gasteiger partial charge in [0.2, 0.25) is 5.91 Å². The fraction of sp³-hybridized carbons (Fsp3) is 0.923. The lowest BCUT2D eigenvalue weighted by molar-refractivity contribution is -0.123. The van der Waals surface area contributed by atoms with Crippen LogP contribution in [0.5, 0.6) is 0 Å². The Bertz CT molecular complexity index is 233. The van der Waals surface area contributed by atoms with Crippen LogP contribution in [0.3, 0.4) is 0 Å². The summed E-state index contributed by atoms with van der Waals surface area (Å²) in [5.74, 6) is 0.640. The lowest BCUT2D eigenvalue weighted by Crippen LogP contribution is -2.36. The topological polar surface area (TPSA) is 64.3 Å². The fourth-order valence-corrected chi connectivity index (χ4v) is 2.48. The van der Waals surface area contributed by atoms with Crippen molar-refractivity contribution in [3.63, 3.8) is 0 Å². The molecular weight excluding hydrogens is 216 g/mol. The van der Waals surface area contributed by atoms with E-state index in [-0.39, 0.29) is 11.9 Å². The van der Waals surface area contributed by atoms with E-state index in [1.54, 1.807) is 7.11 Å². The van der Waals surface area contributed by atoms with E-state index in [0.717, 1.165) is 25.7 Å². The SMILES string of the molecule is COCCC(C)NC(=O)CC1CCCC(N)C1. The highest BCUT2D eigenvalue weighted by Gasteiger charge is 2.21. The van der Waals surface area contributed by atoms with Crippen LogP contribution in [0.1, 0.15) is 45.4 Å². The molecule has 1 rings (SSSR count). The van der Waals surface area contributed by atoms with Crippen LogP contribution >= 0.6 is 0 Å². The molecule has 0 radical (unpaired) electrons. The maximum absolute atomic E-state index is 11.8. The van der Waals surface area contributed by atoms with Crippen molar-refractivity contribution in [1.29, 1.82) is 0 Å². The van der Waals surface area contributed by atoms with Crippen LogP contribution in [0.25, 0.3) is 0 Å². The number of hydrogen-bond acceptors (Lipinski definition) is 3. The van der Waals surface area contributed by atoms with Crippen molar-refractivity contribution in [2.75, 3.05) is 13.7 Å². The van der Waals surface area contributed by atoms with Gasteiger partial charge in [0.1, 0.15) is 0 Å². The second-order valence-electron chi connectivity index (χ2n) is 5.25. The molecule has 0 aliphatic heterocycles. The van der Waals surface area contributed by atoms with E-state index >= 15 is 0 Å². The summed E-state index contributed by atoms with van der Waals surface area (Å²) in [6.45, 7) is 2.71. The number of nitrogens with two attached hydrogens (primary N) is 1. The van der Waals surface area contributed by atoms with Crippen LogP contribution in [0, 0.1) is 5.92 Å². The van der Waals surface area contributed by atoms with Gasteiger partial charge in [0.25, 0.3) is 0 Å². The van der Waals surface area contributed by atoms with E-state index in [1.165, 1.54) is 6.42 Å². The number of carbonyl (C=O) groups excluding carboxylic acids is 1. The molecule has 4 nitrogen and oxygen atoms in total. The van der Waals surface area contributed by atoms with Gasteiger partial charge in [-0.1, -0.05) is 6.42 Å². The quantitative estimate of drug-likeness (QED) is 0.740. The van der Waals surface area contributed by atoms with Crippen LogP contribution in [0.2, 0.25) is 0 Å². The average molecular weight is 242 g/mol. The number of carbonyl (C=O) groups is 1. The summed E-state index contributed by atoms with van der Waals surface area (Å²) in [7, 11) is 1.68. The molecule has 1 aliphatic rings. The van der Waals surface area contributed by atoms with Crippen molar-refractivity contribution in [2.45, 2.75) is 57.5 Å². The number of nitrogens with one attached hydrogen (secondary N) is 1. The maximum atomic E-state index is 11.8. The molecule has 3 unspecified atom stereocenters. The first-order valence-corrected chi connectivity index (χ1v) is 6.65. The molecule has 0 aromatic carbocycles. The molecule has 3 atom stereocenters. The Balaban J connectivity index is 2.19. The van der Waals surface area contributed by atoms with E-state index < -0.39 is 0 Å². The molecule has 3 N–H and O–H groups in total. The van der Waals surface area contributed by atoms with Gasteiger partial charge in [-0.25, -0.2) is 0 Å². The van der Waals surface area contributed by atoms with Crippen LogP contribution < -0.4 is 11.1 Å². The number of hydrogen-bond donors (Lipinski definition) is 2. The van der Waals surface area contributed by atoms with Gasteiger partial charge >= 0.3 is 0 Å². The van der Waals surface area contributed by atoms with E-state index in [1.807, 2.05) is 6.92 Å². The number of ether oxygens (including phenoxy) is 1. The molecule has 100 valence electrons. The number of methoxy groups -OCH3 is 1. The number of amides is 1. The van der Waals surface area contributed by atoms with Crippen molar-refractivity contribution in [3.8, 4) is 0 Å². The Kier molecular flexibility index (Phi) is 6.52. The molecule has 1 aliphatic carbocycles. The van der Waals surface area contributed by atoms with Gasteiger partial charge in [-0.15, -0.1) is 0 Å². The highest BCUT2D eigenvalue weighted by atomic mass is 16.5. The van der Waals surface area contributed by atoms with E-state index in [2.05, 4.69) is 5.32 Å². The Morgan fingerprint density at radius 2 is 2.29 bits per heavy atom. The maximum Gasteiger partial charge on any atom is 0.220 e. The van der Waals surface area contributed by atoms with Crippen molar-refractivity contribution in [3.05, 3.63) is 0 Å².